The standard InChI is InChI=1S/C31H31N5O4S2/c1-22(2)20-36(42(37,38)26-8-5-4-6-9-26)29-28(24-13-11-23(3)12-14-24)30(35-21-34-29)39-15-16-40-31-32-18-25(19-33-31)27-10-7-17-41-27/h4-14,17-19,21-22H,15-16,20H2,1-3H3. The van der Waals surface area contributed by atoms with Crippen molar-refractivity contribution in [3.8, 4) is 33.5 Å². The Kier molecular flexibility index (Phi) is 9.09. The Bertz CT molecular complexity index is 1700. The molecule has 0 aliphatic rings. The van der Waals surface area contributed by atoms with Crippen LogP contribution in [0, 0.1) is 12.8 Å². The summed E-state index contributed by atoms with van der Waals surface area (Å²) in [7, 11) is -3.94. The molecule has 0 atom stereocenters. The van der Waals surface area contributed by atoms with E-state index in [0.717, 1.165) is 21.6 Å². The van der Waals surface area contributed by atoms with Gasteiger partial charge in [-0.1, -0.05) is 67.9 Å². The molecular formula is C31H31N5O4S2. The molecule has 0 amide bonds. The number of sulfonamides is 1. The zero-order valence-corrected chi connectivity index (χ0v) is 25.2. The average Bonchev–Trinajstić information content (AvgIpc) is 3.54. The van der Waals surface area contributed by atoms with Gasteiger partial charge in [0.1, 0.15) is 19.5 Å². The van der Waals surface area contributed by atoms with Crippen molar-refractivity contribution < 1.29 is 17.9 Å². The van der Waals surface area contributed by atoms with Gasteiger partial charge in [-0.25, -0.2) is 32.7 Å². The van der Waals surface area contributed by atoms with Gasteiger partial charge in [0.05, 0.1) is 10.5 Å². The Hall–Kier alpha value is -4.35. The molecule has 3 aromatic heterocycles. The predicted octanol–water partition coefficient (Wildman–Crippen LogP) is 6.28. The summed E-state index contributed by atoms with van der Waals surface area (Å²) < 4.78 is 41.0. The van der Waals surface area contributed by atoms with E-state index >= 15 is 0 Å². The molecule has 5 aromatic rings. The van der Waals surface area contributed by atoms with Gasteiger partial charge in [0.2, 0.25) is 5.88 Å². The summed E-state index contributed by atoms with van der Waals surface area (Å²) >= 11 is 1.61. The second kappa shape index (κ2) is 13.1. The molecule has 0 bridgehead atoms. The van der Waals surface area contributed by atoms with Crippen molar-refractivity contribution in [2.45, 2.75) is 25.7 Å². The highest BCUT2D eigenvalue weighted by Gasteiger charge is 2.31. The zero-order chi connectivity index (χ0) is 29.5. The zero-order valence-electron chi connectivity index (χ0n) is 23.5. The number of aromatic nitrogens is 4. The van der Waals surface area contributed by atoms with E-state index in [1.54, 1.807) is 54.1 Å². The number of ether oxygens (including phenoxy) is 2. The molecule has 0 unspecified atom stereocenters. The van der Waals surface area contributed by atoms with Crippen LogP contribution in [-0.2, 0) is 10.0 Å². The minimum atomic E-state index is -3.94. The van der Waals surface area contributed by atoms with E-state index < -0.39 is 10.0 Å². The first kappa shape index (κ1) is 29.2. The Labute approximate surface area is 249 Å². The van der Waals surface area contributed by atoms with Crippen molar-refractivity contribution in [2.75, 3.05) is 24.1 Å². The molecule has 0 radical (unpaired) electrons. The quantitative estimate of drug-likeness (QED) is 0.154. The third kappa shape index (κ3) is 6.75. The number of nitrogens with zero attached hydrogens (tertiary/aromatic N) is 5. The van der Waals surface area contributed by atoms with Crippen molar-refractivity contribution in [3.05, 3.63) is 96.4 Å². The first-order valence-corrected chi connectivity index (χ1v) is 15.8. The lowest BCUT2D eigenvalue weighted by Gasteiger charge is -2.27. The highest BCUT2D eigenvalue weighted by atomic mass is 32.2. The summed E-state index contributed by atoms with van der Waals surface area (Å²) in [5.74, 6) is 0.515. The monoisotopic (exact) mass is 601 g/mol. The number of rotatable bonds is 12. The van der Waals surface area contributed by atoms with Crippen LogP contribution in [0.25, 0.3) is 21.6 Å². The number of thiophene rings is 1. The van der Waals surface area contributed by atoms with Crippen molar-refractivity contribution in [3.63, 3.8) is 0 Å². The van der Waals surface area contributed by atoms with Gasteiger partial charge < -0.3 is 9.47 Å². The molecule has 5 rings (SSSR count). The third-order valence-electron chi connectivity index (χ3n) is 6.22. The summed E-state index contributed by atoms with van der Waals surface area (Å²) in [6.07, 6.45) is 4.76. The van der Waals surface area contributed by atoms with Crippen LogP contribution in [0.15, 0.2) is 95.7 Å². The second-order valence-electron chi connectivity index (χ2n) is 9.92. The van der Waals surface area contributed by atoms with E-state index in [0.29, 0.717) is 5.56 Å². The summed E-state index contributed by atoms with van der Waals surface area (Å²) in [6, 6.07) is 20.3. The fourth-order valence-corrected chi connectivity index (χ4v) is 6.53. The largest absolute Gasteiger partial charge is 0.473 e. The third-order valence-corrected chi connectivity index (χ3v) is 8.91. The fourth-order valence-electron chi connectivity index (χ4n) is 4.21. The minimum Gasteiger partial charge on any atom is -0.473 e. The van der Waals surface area contributed by atoms with E-state index in [9.17, 15) is 8.42 Å². The molecule has 3 heterocycles. The molecule has 216 valence electrons. The highest BCUT2D eigenvalue weighted by Crippen LogP contribution is 2.38. The first-order chi connectivity index (χ1) is 20.3. The van der Waals surface area contributed by atoms with Crippen molar-refractivity contribution in [1.29, 1.82) is 0 Å². The van der Waals surface area contributed by atoms with Gasteiger partial charge in [-0.05, 0) is 42.0 Å². The average molecular weight is 602 g/mol. The summed E-state index contributed by atoms with van der Waals surface area (Å²) in [5.41, 5.74) is 3.20. The molecule has 42 heavy (non-hydrogen) atoms. The smallest absolute Gasteiger partial charge is 0.316 e. The van der Waals surface area contributed by atoms with Gasteiger partial charge in [-0.15, -0.1) is 11.3 Å². The number of aryl methyl sites for hydroxylation is 1. The molecule has 0 N–H and O–H groups in total. The van der Waals surface area contributed by atoms with E-state index in [1.165, 1.54) is 10.6 Å². The van der Waals surface area contributed by atoms with Crippen molar-refractivity contribution in [1.82, 2.24) is 19.9 Å². The molecule has 0 fully saturated rings. The maximum atomic E-state index is 13.9. The number of anilines is 1. The van der Waals surface area contributed by atoms with Gasteiger partial charge in [-0.3, -0.25) is 0 Å². The van der Waals surface area contributed by atoms with Crippen LogP contribution in [0.3, 0.4) is 0 Å². The molecule has 0 spiro atoms. The van der Waals surface area contributed by atoms with E-state index in [4.69, 9.17) is 9.47 Å². The highest BCUT2D eigenvalue weighted by molar-refractivity contribution is 7.92. The van der Waals surface area contributed by atoms with Crippen LogP contribution in [0.2, 0.25) is 0 Å². The Morgan fingerprint density at radius 3 is 2.21 bits per heavy atom. The Morgan fingerprint density at radius 2 is 1.55 bits per heavy atom. The molecule has 0 saturated heterocycles. The van der Waals surface area contributed by atoms with Gasteiger partial charge in [0.15, 0.2) is 5.82 Å². The van der Waals surface area contributed by atoms with Crippen LogP contribution in [0.4, 0.5) is 5.82 Å². The second-order valence-corrected chi connectivity index (χ2v) is 12.7. The lowest BCUT2D eigenvalue weighted by molar-refractivity contribution is 0.202. The molecule has 9 nitrogen and oxygen atoms in total. The molecule has 0 aliphatic carbocycles. The van der Waals surface area contributed by atoms with Gasteiger partial charge in [-0.2, -0.15) is 0 Å². The van der Waals surface area contributed by atoms with Crippen molar-refractivity contribution >= 4 is 27.2 Å². The lowest BCUT2D eigenvalue weighted by atomic mass is 10.1. The van der Waals surface area contributed by atoms with Gasteiger partial charge in [0.25, 0.3) is 10.0 Å². The lowest BCUT2D eigenvalue weighted by Crippen LogP contribution is -2.35. The van der Waals surface area contributed by atoms with Crippen molar-refractivity contribution in [2.24, 2.45) is 5.92 Å². The predicted molar refractivity (Wildman–Crippen MR) is 164 cm³/mol. The van der Waals surface area contributed by atoms with Crippen LogP contribution in [0.5, 0.6) is 11.9 Å². The molecule has 0 aliphatic heterocycles. The Morgan fingerprint density at radius 1 is 0.833 bits per heavy atom. The van der Waals surface area contributed by atoms with E-state index in [1.807, 2.05) is 62.5 Å². The van der Waals surface area contributed by atoms with E-state index in [-0.39, 0.29) is 48.3 Å². The Balaban J connectivity index is 1.43. The molecular weight excluding hydrogens is 571 g/mol. The van der Waals surface area contributed by atoms with Gasteiger partial charge >= 0.3 is 6.01 Å². The van der Waals surface area contributed by atoms with Gasteiger partial charge in [0, 0.05) is 29.4 Å². The number of hydrogen-bond acceptors (Lipinski definition) is 9. The minimum absolute atomic E-state index is 0.0216. The van der Waals surface area contributed by atoms with Crippen LogP contribution in [-0.4, -0.2) is 48.1 Å². The van der Waals surface area contributed by atoms with Crippen LogP contribution in [0.1, 0.15) is 19.4 Å². The molecule has 0 saturated carbocycles. The molecule has 11 heteroatoms. The molecule has 2 aromatic carbocycles. The van der Waals surface area contributed by atoms with Crippen LogP contribution >= 0.6 is 11.3 Å². The summed E-state index contributed by atoms with van der Waals surface area (Å²) in [4.78, 5) is 18.7. The maximum Gasteiger partial charge on any atom is 0.316 e. The number of benzene rings is 2. The topological polar surface area (TPSA) is 107 Å². The summed E-state index contributed by atoms with van der Waals surface area (Å²) in [6.45, 7) is 6.41. The van der Waals surface area contributed by atoms with E-state index in [2.05, 4.69) is 19.9 Å². The number of hydrogen-bond donors (Lipinski definition) is 0. The normalized spacial score (nSPS) is 11.4. The fraction of sp³-hybridized carbons (Fsp3) is 0.226. The first-order valence-electron chi connectivity index (χ1n) is 13.4. The maximum absolute atomic E-state index is 13.9. The van der Waals surface area contributed by atoms with Crippen LogP contribution < -0.4 is 13.8 Å². The SMILES string of the molecule is Cc1ccc(-c2c(OCCOc3ncc(-c4cccs4)cn3)ncnc2N(CC(C)C)S(=O)(=O)c2ccccc2)cc1. The summed E-state index contributed by atoms with van der Waals surface area (Å²) in [5, 5.41) is 2.00.